The van der Waals surface area contributed by atoms with Gasteiger partial charge in [0.1, 0.15) is 0 Å². The summed E-state index contributed by atoms with van der Waals surface area (Å²) in [6, 6.07) is 13.4. The number of benzene rings is 2. The summed E-state index contributed by atoms with van der Waals surface area (Å²) < 4.78 is 27.5. The fraction of sp³-hybridized carbons (Fsp3) is 0.273. The second-order valence-electron chi connectivity index (χ2n) is 7.46. The van der Waals surface area contributed by atoms with Crippen LogP contribution in [0.15, 0.2) is 65.6 Å². The van der Waals surface area contributed by atoms with Crippen molar-refractivity contribution in [2.75, 3.05) is 16.2 Å². The van der Waals surface area contributed by atoms with E-state index in [4.69, 9.17) is 0 Å². The molecule has 0 aromatic heterocycles. The Morgan fingerprint density at radius 3 is 2.33 bits per heavy atom. The smallest absolute Gasteiger partial charge is 0.307 e. The molecule has 0 saturated carbocycles. The summed E-state index contributed by atoms with van der Waals surface area (Å²) >= 11 is 0. The molecular formula is C22H22N2O5S. The van der Waals surface area contributed by atoms with Crippen LogP contribution in [-0.2, 0) is 26.0 Å². The lowest BCUT2D eigenvalue weighted by molar-refractivity contribution is -0.146. The van der Waals surface area contributed by atoms with Gasteiger partial charge in [0, 0.05) is 12.2 Å². The van der Waals surface area contributed by atoms with Crippen molar-refractivity contribution in [1.29, 1.82) is 0 Å². The lowest BCUT2D eigenvalue weighted by Crippen LogP contribution is -2.34. The molecule has 4 rings (SSSR count). The Morgan fingerprint density at radius 1 is 0.967 bits per heavy atom. The van der Waals surface area contributed by atoms with E-state index in [0.717, 1.165) is 5.56 Å². The summed E-state index contributed by atoms with van der Waals surface area (Å²) in [7, 11) is -3.70. The minimum atomic E-state index is -3.70. The van der Waals surface area contributed by atoms with Gasteiger partial charge in [-0.25, -0.2) is 8.42 Å². The van der Waals surface area contributed by atoms with Gasteiger partial charge in [0.15, 0.2) is 0 Å². The van der Waals surface area contributed by atoms with Crippen LogP contribution in [0.25, 0.3) is 0 Å². The molecule has 2 aromatic rings. The van der Waals surface area contributed by atoms with Gasteiger partial charge in [-0.3, -0.25) is 13.9 Å². The maximum Gasteiger partial charge on any atom is 0.307 e. The van der Waals surface area contributed by atoms with Gasteiger partial charge in [-0.15, -0.1) is 0 Å². The third-order valence-corrected chi connectivity index (χ3v) is 7.47. The molecule has 1 aliphatic carbocycles. The van der Waals surface area contributed by atoms with Gasteiger partial charge in [0.25, 0.3) is 10.0 Å². The first kappa shape index (κ1) is 20.2. The van der Waals surface area contributed by atoms with Crippen molar-refractivity contribution < 1.29 is 23.1 Å². The van der Waals surface area contributed by atoms with E-state index >= 15 is 0 Å². The molecule has 7 nitrogen and oxygen atoms in total. The minimum Gasteiger partial charge on any atom is -0.481 e. The molecule has 2 aliphatic rings. The van der Waals surface area contributed by atoms with Gasteiger partial charge in [-0.1, -0.05) is 30.4 Å². The number of allylic oxidation sites excluding steroid dienone is 2. The van der Waals surface area contributed by atoms with E-state index in [9.17, 15) is 23.1 Å². The van der Waals surface area contributed by atoms with Crippen LogP contribution in [0.2, 0.25) is 0 Å². The number of nitrogens with zero attached hydrogens (tertiary/aromatic N) is 1. The molecule has 0 unspecified atom stereocenters. The van der Waals surface area contributed by atoms with E-state index in [-0.39, 0.29) is 10.8 Å². The maximum absolute atomic E-state index is 13.1. The number of rotatable bonds is 5. The average Bonchev–Trinajstić information content (AvgIpc) is 3.19. The predicted molar refractivity (Wildman–Crippen MR) is 113 cm³/mol. The quantitative estimate of drug-likeness (QED) is 0.715. The number of carboxylic acid groups (broad SMARTS) is 1. The van der Waals surface area contributed by atoms with Crippen LogP contribution >= 0.6 is 0 Å². The molecule has 0 radical (unpaired) electrons. The number of carboxylic acids is 1. The van der Waals surface area contributed by atoms with Crippen molar-refractivity contribution in [3.8, 4) is 0 Å². The fourth-order valence-electron chi connectivity index (χ4n) is 4.01. The number of hydrogen-bond donors (Lipinski definition) is 2. The number of sulfonamides is 1. The van der Waals surface area contributed by atoms with Crippen molar-refractivity contribution in [3.63, 3.8) is 0 Å². The Hall–Kier alpha value is -3.13. The van der Waals surface area contributed by atoms with E-state index in [1.165, 1.54) is 28.6 Å². The zero-order valence-corrected chi connectivity index (χ0v) is 17.0. The number of hydrogen-bond acceptors (Lipinski definition) is 4. The summed E-state index contributed by atoms with van der Waals surface area (Å²) in [6.45, 7) is 0.395. The van der Waals surface area contributed by atoms with Crippen molar-refractivity contribution in [2.45, 2.75) is 24.2 Å². The highest BCUT2D eigenvalue weighted by Gasteiger charge is 2.34. The molecule has 1 heterocycles. The van der Waals surface area contributed by atoms with Gasteiger partial charge in [-0.2, -0.15) is 0 Å². The third-order valence-electron chi connectivity index (χ3n) is 5.64. The molecule has 8 heteroatoms. The number of amides is 1. The molecule has 0 bridgehead atoms. The van der Waals surface area contributed by atoms with Crippen LogP contribution in [0, 0.1) is 11.8 Å². The lowest BCUT2D eigenvalue weighted by Gasteiger charge is -2.24. The second-order valence-corrected chi connectivity index (χ2v) is 9.33. The number of anilines is 2. The van der Waals surface area contributed by atoms with Crippen LogP contribution in [0.3, 0.4) is 0 Å². The van der Waals surface area contributed by atoms with E-state index in [0.29, 0.717) is 37.2 Å². The normalized spacial score (nSPS) is 20.6. The highest BCUT2D eigenvalue weighted by atomic mass is 32.2. The monoisotopic (exact) mass is 426 g/mol. The lowest BCUT2D eigenvalue weighted by atomic mass is 9.82. The third kappa shape index (κ3) is 3.70. The van der Waals surface area contributed by atoms with Gasteiger partial charge in [0.2, 0.25) is 5.91 Å². The molecular weight excluding hydrogens is 404 g/mol. The number of nitrogens with one attached hydrogen (secondary N) is 1. The summed E-state index contributed by atoms with van der Waals surface area (Å²) in [4.78, 5) is 24.1. The van der Waals surface area contributed by atoms with Crippen LogP contribution in [-0.4, -0.2) is 31.9 Å². The van der Waals surface area contributed by atoms with E-state index in [1.807, 2.05) is 24.3 Å². The van der Waals surface area contributed by atoms with Gasteiger partial charge >= 0.3 is 5.97 Å². The van der Waals surface area contributed by atoms with Crippen molar-refractivity contribution in [2.24, 2.45) is 11.8 Å². The highest BCUT2D eigenvalue weighted by Crippen LogP contribution is 2.33. The second kappa shape index (κ2) is 7.95. The Bertz CT molecular complexity index is 1110. The van der Waals surface area contributed by atoms with Crippen LogP contribution in [0.1, 0.15) is 18.4 Å². The van der Waals surface area contributed by atoms with Crippen LogP contribution in [0.4, 0.5) is 11.4 Å². The molecule has 1 aliphatic heterocycles. The van der Waals surface area contributed by atoms with Crippen LogP contribution in [0.5, 0.6) is 0 Å². The molecule has 1 amide bonds. The SMILES string of the molecule is O=C(O)[C@@H]1CC=CC[C@H]1C(=O)Nc1ccc(S(=O)(=O)N2CCc3ccccc32)cc1. The number of carbonyl (C=O) groups excluding carboxylic acids is 1. The fourth-order valence-corrected chi connectivity index (χ4v) is 5.51. The summed E-state index contributed by atoms with van der Waals surface area (Å²) in [5, 5.41) is 12.1. The maximum atomic E-state index is 13.1. The zero-order valence-electron chi connectivity index (χ0n) is 16.2. The minimum absolute atomic E-state index is 0.140. The molecule has 156 valence electrons. The zero-order chi connectivity index (χ0) is 21.3. The predicted octanol–water partition coefficient (Wildman–Crippen LogP) is 3.04. The van der Waals surface area contributed by atoms with Gasteiger partial charge in [-0.05, 0) is 55.2 Å². The Labute approximate surface area is 175 Å². The summed E-state index contributed by atoms with van der Waals surface area (Å²) in [5.41, 5.74) is 2.12. The number of para-hydroxylation sites is 1. The average molecular weight is 426 g/mol. The molecule has 0 fully saturated rings. The topological polar surface area (TPSA) is 104 Å². The Morgan fingerprint density at radius 2 is 1.63 bits per heavy atom. The Kier molecular flexibility index (Phi) is 5.34. The molecule has 2 N–H and O–H groups in total. The van der Waals surface area contributed by atoms with E-state index in [1.54, 1.807) is 12.1 Å². The molecule has 2 atom stereocenters. The summed E-state index contributed by atoms with van der Waals surface area (Å²) in [6.07, 6.45) is 4.95. The van der Waals surface area contributed by atoms with Crippen molar-refractivity contribution in [3.05, 3.63) is 66.2 Å². The van der Waals surface area contributed by atoms with Crippen LogP contribution < -0.4 is 9.62 Å². The first-order chi connectivity index (χ1) is 14.4. The first-order valence-electron chi connectivity index (χ1n) is 9.77. The number of fused-ring (bicyclic) bond motifs is 1. The van der Waals surface area contributed by atoms with Gasteiger partial charge in [0.05, 0.1) is 22.4 Å². The molecule has 2 aromatic carbocycles. The molecule has 0 saturated heterocycles. The first-order valence-corrected chi connectivity index (χ1v) is 11.2. The van der Waals surface area contributed by atoms with Gasteiger partial charge < -0.3 is 10.4 Å². The summed E-state index contributed by atoms with van der Waals surface area (Å²) in [5.74, 6) is -2.79. The molecule has 0 spiro atoms. The standard InChI is InChI=1S/C22H22N2O5S/c25-21(18-6-2-3-7-19(18)22(26)27)23-16-9-11-17(12-10-16)30(28,29)24-14-13-15-5-1-4-8-20(15)24/h1-5,8-12,18-19H,6-7,13-14H2,(H,23,25)(H,26,27)/t18-,19-/m1/s1. The van der Waals surface area contributed by atoms with E-state index < -0.39 is 27.8 Å². The number of carbonyl (C=O) groups is 2. The largest absolute Gasteiger partial charge is 0.481 e. The molecule has 30 heavy (non-hydrogen) atoms. The number of aliphatic carboxylic acids is 1. The highest BCUT2D eigenvalue weighted by molar-refractivity contribution is 7.92. The van der Waals surface area contributed by atoms with Crippen molar-refractivity contribution in [1.82, 2.24) is 0 Å². The Balaban J connectivity index is 1.50. The van der Waals surface area contributed by atoms with E-state index in [2.05, 4.69) is 5.32 Å². The van der Waals surface area contributed by atoms with Crippen molar-refractivity contribution >= 4 is 33.3 Å².